The Bertz CT molecular complexity index is 1020. The van der Waals surface area contributed by atoms with E-state index < -0.39 is 0 Å². The third kappa shape index (κ3) is 4.59. The van der Waals surface area contributed by atoms with E-state index in [1.165, 1.54) is 46.5 Å². The molecule has 0 saturated carbocycles. The average molecular weight is 433 g/mol. The molecule has 2 saturated heterocycles. The van der Waals surface area contributed by atoms with Gasteiger partial charge in [0.15, 0.2) is 0 Å². The molecule has 3 aromatic rings. The zero-order valence-electron chi connectivity index (χ0n) is 18.5. The molecule has 0 unspecified atom stereocenters. The van der Waals surface area contributed by atoms with E-state index in [2.05, 4.69) is 88.0 Å². The van der Waals surface area contributed by atoms with E-state index in [-0.39, 0.29) is 0 Å². The van der Waals surface area contributed by atoms with Crippen LogP contribution in [0, 0.1) is 0 Å². The first-order chi connectivity index (χ1) is 15.3. The van der Waals surface area contributed by atoms with Gasteiger partial charge in [-0.2, -0.15) is 11.8 Å². The summed E-state index contributed by atoms with van der Waals surface area (Å²) in [7, 11) is 0. The number of benzene rings is 2. The number of hydrogen-bond donors (Lipinski definition) is 0. The van der Waals surface area contributed by atoms with Crippen LogP contribution in [0.25, 0.3) is 22.0 Å². The third-order valence-electron chi connectivity index (χ3n) is 6.63. The van der Waals surface area contributed by atoms with Crippen LogP contribution in [0.4, 0.5) is 5.82 Å². The van der Waals surface area contributed by atoms with Gasteiger partial charge in [0.2, 0.25) is 0 Å². The molecule has 0 bridgehead atoms. The van der Waals surface area contributed by atoms with Crippen molar-refractivity contribution in [3.05, 3.63) is 60.2 Å². The van der Waals surface area contributed by atoms with Gasteiger partial charge in [0.05, 0.1) is 5.69 Å². The molecule has 0 spiro atoms. The highest BCUT2D eigenvalue weighted by Gasteiger charge is 2.21. The van der Waals surface area contributed by atoms with Gasteiger partial charge in [0.1, 0.15) is 5.82 Å². The molecule has 0 aliphatic carbocycles. The number of hydrogen-bond acceptors (Lipinski definition) is 5. The van der Waals surface area contributed by atoms with Crippen LogP contribution in [0.5, 0.6) is 0 Å². The van der Waals surface area contributed by atoms with E-state index in [9.17, 15) is 0 Å². The molecule has 5 heteroatoms. The summed E-state index contributed by atoms with van der Waals surface area (Å²) in [6.07, 6.45) is 0. The first-order valence-electron chi connectivity index (χ1n) is 11.6. The minimum Gasteiger partial charge on any atom is -0.354 e. The Morgan fingerprint density at radius 3 is 2.39 bits per heavy atom. The summed E-state index contributed by atoms with van der Waals surface area (Å²) in [5.74, 6) is 3.63. The van der Waals surface area contributed by atoms with Crippen molar-refractivity contribution in [3.8, 4) is 11.3 Å². The predicted molar refractivity (Wildman–Crippen MR) is 134 cm³/mol. The molecule has 2 aromatic carbocycles. The highest BCUT2D eigenvalue weighted by Crippen LogP contribution is 2.32. The van der Waals surface area contributed by atoms with Crippen LogP contribution in [-0.2, 0) is 6.54 Å². The second kappa shape index (κ2) is 9.60. The first kappa shape index (κ1) is 20.8. The van der Waals surface area contributed by atoms with Crippen LogP contribution >= 0.6 is 11.8 Å². The maximum atomic E-state index is 5.28. The minimum absolute atomic E-state index is 1.01. The zero-order chi connectivity index (χ0) is 21.0. The summed E-state index contributed by atoms with van der Waals surface area (Å²) < 4.78 is 0. The number of piperazine rings is 1. The standard InChI is InChI=1S/C26H32N4S/c1-2-28-11-13-30(14-12-28)26-24-10-6-3-7-21(24)19-25(27-26)23-9-5-4-8-22(23)20-29-15-17-31-18-16-29/h3-10,19H,2,11-18,20H2,1H3. The van der Waals surface area contributed by atoms with Gasteiger partial charge in [0, 0.05) is 68.3 Å². The number of aromatic nitrogens is 1. The van der Waals surface area contributed by atoms with Crippen LogP contribution in [0.1, 0.15) is 12.5 Å². The highest BCUT2D eigenvalue weighted by molar-refractivity contribution is 7.99. The van der Waals surface area contributed by atoms with E-state index in [0.29, 0.717) is 0 Å². The van der Waals surface area contributed by atoms with Crippen LogP contribution in [0.2, 0.25) is 0 Å². The summed E-state index contributed by atoms with van der Waals surface area (Å²) in [6.45, 7) is 11.1. The topological polar surface area (TPSA) is 22.6 Å². The lowest BCUT2D eigenvalue weighted by molar-refractivity contribution is 0.271. The van der Waals surface area contributed by atoms with Crippen LogP contribution in [-0.4, -0.2) is 72.1 Å². The Labute approximate surface area is 190 Å². The maximum absolute atomic E-state index is 5.28. The summed E-state index contributed by atoms with van der Waals surface area (Å²) >= 11 is 2.07. The zero-order valence-corrected chi connectivity index (χ0v) is 19.3. The van der Waals surface area contributed by atoms with Crippen molar-refractivity contribution in [1.82, 2.24) is 14.8 Å². The molecular weight excluding hydrogens is 400 g/mol. The monoisotopic (exact) mass is 432 g/mol. The first-order valence-corrected chi connectivity index (χ1v) is 12.7. The lowest BCUT2D eigenvalue weighted by Crippen LogP contribution is -2.46. The minimum atomic E-state index is 1.01. The van der Waals surface area contributed by atoms with Crippen molar-refractivity contribution < 1.29 is 0 Å². The van der Waals surface area contributed by atoms with Crippen molar-refractivity contribution >= 4 is 28.4 Å². The Balaban J connectivity index is 1.52. The van der Waals surface area contributed by atoms with E-state index in [0.717, 1.165) is 50.8 Å². The predicted octanol–water partition coefficient (Wildman–Crippen LogP) is 4.59. The molecule has 2 aliphatic heterocycles. The molecule has 0 amide bonds. The molecule has 2 fully saturated rings. The van der Waals surface area contributed by atoms with Gasteiger partial charge in [-0.1, -0.05) is 55.5 Å². The normalized spacial score (nSPS) is 18.5. The second-order valence-electron chi connectivity index (χ2n) is 8.52. The molecule has 0 radical (unpaired) electrons. The number of pyridine rings is 1. The Kier molecular flexibility index (Phi) is 6.44. The van der Waals surface area contributed by atoms with Crippen molar-refractivity contribution in [3.63, 3.8) is 0 Å². The van der Waals surface area contributed by atoms with Crippen molar-refractivity contribution in [2.24, 2.45) is 0 Å². The van der Waals surface area contributed by atoms with Crippen LogP contribution in [0.15, 0.2) is 54.6 Å². The van der Waals surface area contributed by atoms with Gasteiger partial charge in [-0.25, -0.2) is 4.98 Å². The lowest BCUT2D eigenvalue weighted by atomic mass is 10.0. The quantitative estimate of drug-likeness (QED) is 0.586. The Morgan fingerprint density at radius 2 is 1.58 bits per heavy atom. The summed E-state index contributed by atoms with van der Waals surface area (Å²) in [5.41, 5.74) is 3.77. The third-order valence-corrected chi connectivity index (χ3v) is 7.57. The molecule has 3 heterocycles. The number of anilines is 1. The van der Waals surface area contributed by atoms with Gasteiger partial charge in [0.25, 0.3) is 0 Å². The molecule has 0 atom stereocenters. The molecule has 31 heavy (non-hydrogen) atoms. The van der Waals surface area contributed by atoms with Gasteiger partial charge in [-0.15, -0.1) is 0 Å². The molecule has 4 nitrogen and oxygen atoms in total. The molecule has 0 N–H and O–H groups in total. The number of nitrogens with zero attached hydrogens (tertiary/aromatic N) is 4. The fourth-order valence-corrected chi connectivity index (χ4v) is 5.72. The molecule has 5 rings (SSSR count). The fraction of sp³-hybridized carbons (Fsp3) is 0.423. The van der Waals surface area contributed by atoms with E-state index >= 15 is 0 Å². The fourth-order valence-electron chi connectivity index (χ4n) is 4.74. The lowest BCUT2D eigenvalue weighted by Gasteiger charge is -2.35. The maximum Gasteiger partial charge on any atom is 0.137 e. The number of rotatable bonds is 5. The SMILES string of the molecule is CCN1CCN(c2nc(-c3ccccc3CN3CCSCC3)cc3ccccc23)CC1. The van der Waals surface area contributed by atoms with Gasteiger partial charge >= 0.3 is 0 Å². The van der Waals surface area contributed by atoms with Gasteiger partial charge in [-0.05, 0) is 23.6 Å². The second-order valence-corrected chi connectivity index (χ2v) is 9.74. The van der Waals surface area contributed by atoms with Crippen molar-refractivity contribution in [1.29, 1.82) is 0 Å². The number of fused-ring (bicyclic) bond motifs is 1. The van der Waals surface area contributed by atoms with Crippen LogP contribution < -0.4 is 4.90 Å². The Hall–Kier alpha value is -2.08. The van der Waals surface area contributed by atoms with E-state index in [1.54, 1.807) is 0 Å². The van der Waals surface area contributed by atoms with Crippen molar-refractivity contribution in [2.75, 3.05) is 62.2 Å². The Morgan fingerprint density at radius 1 is 0.839 bits per heavy atom. The highest BCUT2D eigenvalue weighted by atomic mass is 32.2. The summed E-state index contributed by atoms with van der Waals surface area (Å²) in [5, 5.41) is 2.55. The molecule has 1 aromatic heterocycles. The van der Waals surface area contributed by atoms with Crippen LogP contribution in [0.3, 0.4) is 0 Å². The number of likely N-dealkylation sites (N-methyl/N-ethyl adjacent to an activating group) is 1. The largest absolute Gasteiger partial charge is 0.354 e. The number of thioether (sulfide) groups is 1. The smallest absolute Gasteiger partial charge is 0.137 e. The molecular formula is C26H32N4S. The molecule has 162 valence electrons. The summed E-state index contributed by atoms with van der Waals surface area (Å²) in [4.78, 5) is 12.9. The van der Waals surface area contributed by atoms with Crippen molar-refractivity contribution in [2.45, 2.75) is 13.5 Å². The van der Waals surface area contributed by atoms with Gasteiger partial charge in [-0.3, -0.25) is 4.90 Å². The average Bonchev–Trinajstić information content (AvgIpc) is 2.84. The van der Waals surface area contributed by atoms with E-state index in [1.807, 2.05) is 0 Å². The summed E-state index contributed by atoms with van der Waals surface area (Å²) in [6, 6.07) is 19.9. The molecule has 2 aliphatic rings. The van der Waals surface area contributed by atoms with Gasteiger partial charge < -0.3 is 9.80 Å². The van der Waals surface area contributed by atoms with E-state index in [4.69, 9.17) is 4.98 Å².